The molecule has 1 heterocycles. The number of nitrogens with one attached hydrogen (secondary N) is 1. The van der Waals surface area contributed by atoms with Crippen molar-refractivity contribution in [3.05, 3.63) is 76.4 Å². The first kappa shape index (κ1) is 14.2. The van der Waals surface area contributed by atoms with Gasteiger partial charge >= 0.3 is 0 Å². The number of hydrogen-bond acceptors (Lipinski definition) is 2. The fourth-order valence-electron chi connectivity index (χ4n) is 2.44. The van der Waals surface area contributed by atoms with Crippen LogP contribution < -0.4 is 5.32 Å². The van der Waals surface area contributed by atoms with Gasteiger partial charge in [-0.2, -0.15) is 0 Å². The van der Waals surface area contributed by atoms with E-state index in [0.29, 0.717) is 0 Å². The van der Waals surface area contributed by atoms with Gasteiger partial charge in [-0.25, -0.2) is 0 Å². The van der Waals surface area contributed by atoms with E-state index in [1.54, 1.807) is 0 Å². The van der Waals surface area contributed by atoms with Crippen molar-refractivity contribution in [2.45, 2.75) is 13.0 Å². The van der Waals surface area contributed by atoms with Crippen molar-refractivity contribution in [3.8, 4) is 0 Å². The van der Waals surface area contributed by atoms with Crippen LogP contribution >= 0.6 is 15.9 Å². The molecule has 0 spiro atoms. The standard InChI is InChI=1S/C18H17BrN2/c19-17-9-8-15(18-16(17)7-4-11-21-18)13-20-12-10-14-5-2-1-3-6-14/h1-9,11,20H,10,12-13H2. The van der Waals surface area contributed by atoms with Gasteiger partial charge in [0.05, 0.1) is 5.52 Å². The van der Waals surface area contributed by atoms with Crippen LogP contribution in [0.4, 0.5) is 0 Å². The summed E-state index contributed by atoms with van der Waals surface area (Å²) in [6.45, 7) is 1.81. The van der Waals surface area contributed by atoms with E-state index in [9.17, 15) is 0 Å². The topological polar surface area (TPSA) is 24.9 Å². The van der Waals surface area contributed by atoms with Gasteiger partial charge in [0.1, 0.15) is 0 Å². The molecule has 3 heteroatoms. The zero-order chi connectivity index (χ0) is 14.5. The van der Waals surface area contributed by atoms with Gasteiger partial charge in [0.25, 0.3) is 0 Å². The zero-order valence-corrected chi connectivity index (χ0v) is 13.3. The minimum atomic E-state index is 0.841. The van der Waals surface area contributed by atoms with Gasteiger partial charge in [0, 0.05) is 22.6 Å². The molecule has 0 atom stereocenters. The van der Waals surface area contributed by atoms with Crippen molar-refractivity contribution in [1.29, 1.82) is 0 Å². The van der Waals surface area contributed by atoms with Crippen LogP contribution in [0.5, 0.6) is 0 Å². The third-order valence-corrected chi connectivity index (χ3v) is 4.24. The summed E-state index contributed by atoms with van der Waals surface area (Å²) in [6.07, 6.45) is 2.89. The third-order valence-electron chi connectivity index (χ3n) is 3.55. The number of halogens is 1. The Kier molecular flexibility index (Phi) is 4.63. The van der Waals surface area contributed by atoms with Gasteiger partial charge in [-0.05, 0) is 36.2 Å². The van der Waals surface area contributed by atoms with E-state index in [0.717, 1.165) is 29.5 Å². The summed E-state index contributed by atoms with van der Waals surface area (Å²) in [6, 6.07) is 18.9. The lowest BCUT2D eigenvalue weighted by molar-refractivity contribution is 0.689. The molecule has 0 aliphatic heterocycles. The first-order valence-corrected chi connectivity index (χ1v) is 7.90. The van der Waals surface area contributed by atoms with Crippen molar-refractivity contribution in [1.82, 2.24) is 10.3 Å². The molecule has 0 unspecified atom stereocenters. The molecule has 1 aromatic heterocycles. The van der Waals surface area contributed by atoms with Crippen LogP contribution in [0.15, 0.2) is 65.3 Å². The average molecular weight is 341 g/mol. The minimum Gasteiger partial charge on any atom is -0.312 e. The van der Waals surface area contributed by atoms with Crippen LogP contribution in [0.25, 0.3) is 10.9 Å². The maximum Gasteiger partial charge on any atom is 0.0758 e. The van der Waals surface area contributed by atoms with Crippen LogP contribution in [0.3, 0.4) is 0 Å². The largest absolute Gasteiger partial charge is 0.312 e. The van der Waals surface area contributed by atoms with Crippen LogP contribution in [0.2, 0.25) is 0 Å². The molecule has 21 heavy (non-hydrogen) atoms. The van der Waals surface area contributed by atoms with Gasteiger partial charge in [-0.3, -0.25) is 4.98 Å². The first-order valence-electron chi connectivity index (χ1n) is 7.11. The van der Waals surface area contributed by atoms with E-state index in [1.807, 2.05) is 12.3 Å². The molecule has 0 amide bonds. The maximum atomic E-state index is 4.51. The molecule has 106 valence electrons. The Labute approximate surface area is 133 Å². The minimum absolute atomic E-state index is 0.841. The highest BCUT2D eigenvalue weighted by molar-refractivity contribution is 9.10. The molecule has 1 N–H and O–H groups in total. The summed E-state index contributed by atoms with van der Waals surface area (Å²) in [5.41, 5.74) is 3.67. The highest BCUT2D eigenvalue weighted by Gasteiger charge is 2.04. The van der Waals surface area contributed by atoms with Crippen LogP contribution in [0, 0.1) is 0 Å². The lowest BCUT2D eigenvalue weighted by atomic mass is 10.1. The smallest absolute Gasteiger partial charge is 0.0758 e. The first-order chi connectivity index (χ1) is 10.3. The molecule has 0 aliphatic carbocycles. The molecular weight excluding hydrogens is 324 g/mol. The molecule has 3 rings (SSSR count). The van der Waals surface area contributed by atoms with Gasteiger partial charge in [-0.15, -0.1) is 0 Å². The number of pyridine rings is 1. The Balaban J connectivity index is 1.65. The van der Waals surface area contributed by atoms with Gasteiger partial charge in [0.2, 0.25) is 0 Å². The third kappa shape index (κ3) is 3.49. The second-order valence-electron chi connectivity index (χ2n) is 5.02. The van der Waals surface area contributed by atoms with E-state index in [-0.39, 0.29) is 0 Å². The van der Waals surface area contributed by atoms with Crippen molar-refractivity contribution in [3.63, 3.8) is 0 Å². The van der Waals surface area contributed by atoms with E-state index < -0.39 is 0 Å². The molecule has 0 saturated heterocycles. The Bertz CT molecular complexity index is 726. The fraction of sp³-hybridized carbons (Fsp3) is 0.167. The van der Waals surface area contributed by atoms with E-state index in [4.69, 9.17) is 0 Å². The SMILES string of the molecule is Brc1ccc(CNCCc2ccccc2)c2ncccc12. The van der Waals surface area contributed by atoms with Gasteiger partial charge < -0.3 is 5.32 Å². The van der Waals surface area contributed by atoms with Gasteiger partial charge in [0.15, 0.2) is 0 Å². The summed E-state index contributed by atoms with van der Waals surface area (Å²) >= 11 is 3.58. The second-order valence-corrected chi connectivity index (χ2v) is 5.87. The maximum absolute atomic E-state index is 4.51. The van der Waals surface area contributed by atoms with Crippen LogP contribution in [-0.2, 0) is 13.0 Å². The van der Waals surface area contributed by atoms with Crippen molar-refractivity contribution in [2.24, 2.45) is 0 Å². The number of nitrogens with zero attached hydrogens (tertiary/aromatic N) is 1. The summed E-state index contributed by atoms with van der Waals surface area (Å²) < 4.78 is 1.10. The van der Waals surface area contributed by atoms with E-state index in [1.165, 1.54) is 16.5 Å². The summed E-state index contributed by atoms with van der Waals surface area (Å²) in [5, 5.41) is 4.67. The quantitative estimate of drug-likeness (QED) is 0.699. The Morgan fingerprint density at radius 1 is 0.952 bits per heavy atom. The number of fused-ring (bicyclic) bond motifs is 1. The summed E-state index contributed by atoms with van der Waals surface area (Å²) in [5.74, 6) is 0. The van der Waals surface area contributed by atoms with E-state index >= 15 is 0 Å². The lowest BCUT2D eigenvalue weighted by Gasteiger charge is -2.09. The highest BCUT2D eigenvalue weighted by Crippen LogP contribution is 2.25. The van der Waals surface area contributed by atoms with Crippen molar-refractivity contribution < 1.29 is 0 Å². The number of aromatic nitrogens is 1. The molecule has 0 bridgehead atoms. The molecule has 0 aliphatic rings. The monoisotopic (exact) mass is 340 g/mol. The molecule has 0 radical (unpaired) electrons. The van der Waals surface area contributed by atoms with Gasteiger partial charge in [-0.1, -0.05) is 58.4 Å². The number of benzene rings is 2. The summed E-state index contributed by atoms with van der Waals surface area (Å²) in [4.78, 5) is 4.51. The van der Waals surface area contributed by atoms with E-state index in [2.05, 4.69) is 74.8 Å². The summed E-state index contributed by atoms with van der Waals surface area (Å²) in [7, 11) is 0. The molecule has 2 nitrogen and oxygen atoms in total. The Morgan fingerprint density at radius 3 is 2.67 bits per heavy atom. The predicted molar refractivity (Wildman–Crippen MR) is 91.3 cm³/mol. The van der Waals surface area contributed by atoms with Crippen molar-refractivity contribution in [2.75, 3.05) is 6.54 Å². The fourth-order valence-corrected chi connectivity index (χ4v) is 2.89. The Hall–Kier alpha value is -1.71. The molecule has 2 aromatic carbocycles. The second kappa shape index (κ2) is 6.83. The Morgan fingerprint density at radius 2 is 1.81 bits per heavy atom. The molecule has 0 saturated carbocycles. The zero-order valence-electron chi connectivity index (χ0n) is 11.7. The number of rotatable bonds is 5. The van der Waals surface area contributed by atoms with Crippen LogP contribution in [0.1, 0.15) is 11.1 Å². The molecular formula is C18H17BrN2. The molecule has 3 aromatic rings. The predicted octanol–water partition coefficient (Wildman–Crippen LogP) is 4.33. The lowest BCUT2D eigenvalue weighted by Crippen LogP contribution is -2.17. The van der Waals surface area contributed by atoms with Crippen molar-refractivity contribution >= 4 is 26.8 Å². The number of hydrogen-bond donors (Lipinski definition) is 1. The average Bonchev–Trinajstić information content (AvgIpc) is 2.55. The normalized spacial score (nSPS) is 10.9. The molecule has 0 fully saturated rings. The highest BCUT2D eigenvalue weighted by atomic mass is 79.9. The van der Waals surface area contributed by atoms with Crippen LogP contribution in [-0.4, -0.2) is 11.5 Å².